The zero-order valence-corrected chi connectivity index (χ0v) is 76.7. The van der Waals surface area contributed by atoms with Crippen molar-refractivity contribution in [3.8, 4) is 12.1 Å². The summed E-state index contributed by atoms with van der Waals surface area (Å²) in [6, 6.07) is 3.44. The van der Waals surface area contributed by atoms with Crippen molar-refractivity contribution >= 4 is 11.9 Å². The van der Waals surface area contributed by atoms with Gasteiger partial charge in [-0.2, -0.15) is 10.5 Å². The van der Waals surface area contributed by atoms with Gasteiger partial charge in [-0.25, -0.2) is 0 Å². The predicted octanol–water partition coefficient (Wildman–Crippen LogP) is 16.6. The molecule has 0 radical (unpaired) electrons. The molecule has 0 aliphatic rings. The highest BCUT2D eigenvalue weighted by Crippen LogP contribution is 1.83. The average Bonchev–Trinajstić information content (AvgIpc) is 2.12. The van der Waals surface area contributed by atoms with Crippen molar-refractivity contribution in [1.29, 1.82) is 10.5 Å². The molecule has 112 heavy (non-hydrogen) atoms. The first-order chi connectivity index (χ1) is 6.54. The Kier molecular flexibility index (Phi) is 9140000. The highest BCUT2D eigenvalue weighted by Gasteiger charge is 1.91. The molecular formula is C8H304N100O4. The van der Waals surface area contributed by atoms with Crippen molar-refractivity contribution < 1.29 is 19.8 Å². The molecule has 0 amide bonds. The lowest BCUT2D eigenvalue weighted by Gasteiger charge is -1.78. The van der Waals surface area contributed by atoms with Crippen LogP contribution in [0.4, 0.5) is 0 Å². The summed E-state index contributed by atoms with van der Waals surface area (Å²) in [7, 11) is 0. The lowest BCUT2D eigenvalue weighted by molar-refractivity contribution is -0.137. The Labute approximate surface area is 682 Å². The molecule has 0 aliphatic heterocycles. The van der Waals surface area contributed by atoms with Gasteiger partial charge < -0.3 is 613 Å². The quantitative estimate of drug-likeness (QED) is 0.124. The van der Waals surface area contributed by atoms with E-state index in [0.29, 0.717) is 0 Å². The minimum absolute atomic E-state index is 0. The Morgan fingerprint density at radius 1 is 0.125 bits per heavy atom. The Morgan fingerprint density at radius 3 is 0.170 bits per heavy atom. The maximum Gasteiger partial charge on any atom is 0.304 e. The van der Waals surface area contributed by atoms with Gasteiger partial charge in [0.2, 0.25) is 0 Å². The van der Waals surface area contributed by atoms with E-state index in [1.54, 1.807) is 12.1 Å². The minimum Gasteiger partial charge on any atom is -0.481 e. The third kappa shape index (κ3) is 276000. The first-order valence-electron chi connectivity index (χ1n) is 3.72. The normalized spacial score (nSPS) is 0.911. The highest BCUT2D eigenvalue weighted by atomic mass is 16.4. The van der Waals surface area contributed by atoms with E-state index in [4.69, 9.17) is 20.7 Å². The molecule has 0 rings (SSSR count). The van der Waals surface area contributed by atoms with Gasteiger partial charge in [-0.05, 0) is 0 Å². The van der Waals surface area contributed by atoms with Crippen LogP contribution in [0, 0.1) is 22.7 Å². The molecule has 104 nitrogen and oxygen atoms in total. The molecule has 0 fully saturated rings. The van der Waals surface area contributed by atoms with E-state index in [1.165, 1.54) is 0 Å². The van der Waals surface area contributed by atoms with Crippen LogP contribution in [0.15, 0.2) is 0 Å². The van der Waals surface area contributed by atoms with Crippen LogP contribution in [0.3, 0.4) is 0 Å². The maximum atomic E-state index is 9.61. The number of hydrogen-bond donors (Lipinski definition) is 100. The van der Waals surface area contributed by atoms with Gasteiger partial charge in [0, 0.05) is 12.8 Å². The summed E-state index contributed by atoms with van der Waals surface area (Å²) in [5.74, 6) is -1.83. The molecule has 0 unspecified atom stereocenters. The second-order valence-corrected chi connectivity index (χ2v) is 2.10. The summed E-state index contributed by atoms with van der Waals surface area (Å²) in [5.41, 5.74) is 0. The monoisotopic (exact) mass is 1870 g/mol. The van der Waals surface area contributed by atoms with E-state index in [2.05, 4.69) is 0 Å². The van der Waals surface area contributed by atoms with E-state index >= 15 is 0 Å². The van der Waals surface area contributed by atoms with Crippen LogP contribution in [0.2, 0.25) is 0 Å². The van der Waals surface area contributed by atoms with E-state index in [9.17, 15) is 9.59 Å². The minimum atomic E-state index is -0.915. The van der Waals surface area contributed by atoms with Crippen LogP contribution >= 0.6 is 0 Å². The average molecular weight is 1870 g/mol. The first kappa shape index (κ1) is 32500. The summed E-state index contributed by atoms with van der Waals surface area (Å²) in [6.45, 7) is 0. The largest absolute Gasteiger partial charge is 0.481 e. The molecule has 0 spiro atoms. The van der Waals surface area contributed by atoms with E-state index in [0.717, 1.165) is 0 Å². The van der Waals surface area contributed by atoms with Crippen LogP contribution in [-0.4, -0.2) is 22.2 Å². The summed E-state index contributed by atoms with van der Waals surface area (Å²) >= 11 is 0. The van der Waals surface area contributed by atoms with Gasteiger partial charge in [0.25, 0.3) is 0 Å². The number of hydrogen-bond acceptors (Lipinski definition) is 102. The molecule has 0 saturated carbocycles. The van der Waals surface area contributed by atoms with E-state index in [1.807, 2.05) is 0 Å². The zero-order valence-electron chi connectivity index (χ0n) is 76.7. The molecule has 0 heterocycles. The second-order valence-electron chi connectivity index (χ2n) is 2.10. The van der Waals surface area contributed by atoms with Crippen LogP contribution in [0.25, 0.3) is 0 Å². The Hall–Kier alpha value is -6.00. The van der Waals surface area contributed by atoms with Gasteiger partial charge in [-0.1, -0.05) is 0 Å². The van der Waals surface area contributed by atoms with Gasteiger partial charge in [0.1, 0.15) is 0 Å². The van der Waals surface area contributed by atoms with Gasteiger partial charge in [-0.15, -0.1) is 0 Å². The summed E-state index contributed by atoms with van der Waals surface area (Å²) in [4.78, 5) is 19.2. The molecule has 0 saturated heterocycles. The molecule has 860 valence electrons. The van der Waals surface area contributed by atoms with Gasteiger partial charge in [0.05, 0.1) is 25.0 Å². The van der Waals surface area contributed by atoms with Crippen LogP contribution in [-0.2, 0) is 9.59 Å². The van der Waals surface area contributed by atoms with Crippen molar-refractivity contribution in [2.45, 2.75) is 25.7 Å². The van der Waals surface area contributed by atoms with Crippen molar-refractivity contribution in [3.63, 3.8) is 0 Å². The standard InChI is InChI=1S/2C4H5NO2.98H3N/c2*5-3-1-2-4(6)7;;;;;;;;;;;;;;;;;;;;;;;;;;;;;;;;;;;;;;;;;;;;;;;;;;;;;;;;;;;;;;;;;;;;;;;;;;;;;;;;;;;;;;;;;;;;;;;;;;/h2*1-2H2,(H,6,7);98*1H3. The van der Waals surface area contributed by atoms with Gasteiger partial charge in [0.15, 0.2) is 0 Å². The Bertz CT molecular complexity index is 280. The first-order valence-corrected chi connectivity index (χ1v) is 3.72. The van der Waals surface area contributed by atoms with Gasteiger partial charge in [-0.3, -0.25) is 9.59 Å². The molecule has 104 heteroatoms. The lowest BCUT2D eigenvalue weighted by Crippen LogP contribution is -1.91. The summed E-state index contributed by atoms with van der Waals surface area (Å²) < 4.78 is 0. The molecule has 0 aromatic heterocycles. The zero-order chi connectivity index (χ0) is 11.4. The number of nitrogens with zero attached hydrogens (tertiary/aromatic N) is 2. The SMILES string of the molecule is N.N.N.N.N.N.N.N.N.N.N.N.N.N.N.N.N.N.N.N.N.N.N.N.N.N.N.N.N.N.N.N.N.N.N.N.N.N.N.N.N.N.N.N.N.N.N.N.N.N.N.N.N.N.N.N.N.N.N.N.N.N.N.N.N.N.N.N.N.N.N.N.N.N.N.N.N.N.N.N.N.N.N.N.N.N.N.N.N.N.N.N.N.N.N.N.N.N.N#CCCC(=O)O.N#CCCC(=O)O. The Balaban J connectivity index is -0.000000000140. The molecule has 0 bridgehead atoms. The van der Waals surface area contributed by atoms with Crippen molar-refractivity contribution in [2.24, 2.45) is 0 Å². The fourth-order valence-electron chi connectivity index (χ4n) is 0.326. The fraction of sp³-hybridized carbons (Fsp3) is 0.500. The number of carbonyl (C=O) groups is 2. The summed E-state index contributed by atoms with van der Waals surface area (Å²) in [6.07, 6.45) is 0.123. The highest BCUT2D eigenvalue weighted by molar-refractivity contribution is 5.67. The maximum absolute atomic E-state index is 9.61. The smallest absolute Gasteiger partial charge is 0.304 e. The number of nitriles is 2. The fourth-order valence-corrected chi connectivity index (χ4v) is 0.326. The molecule has 0 aliphatic carbocycles. The number of carboxylic acid groups (broad SMARTS) is 2. The molecule has 0 aromatic rings. The van der Waals surface area contributed by atoms with Crippen LogP contribution < -0.4 is 603 Å². The van der Waals surface area contributed by atoms with Gasteiger partial charge >= 0.3 is 11.9 Å². The lowest BCUT2D eigenvalue weighted by atomic mass is 10.3. The molecule has 0 aromatic carbocycles. The molecule has 296 N–H and O–H groups in total. The van der Waals surface area contributed by atoms with Crippen molar-refractivity contribution in [1.82, 2.24) is 603 Å². The number of carboxylic acids is 2. The number of rotatable bonds is 4. The predicted molar refractivity (Wildman–Crippen MR) is 537 cm³/mol. The molecule has 0 atom stereocenters. The van der Waals surface area contributed by atoms with E-state index in [-0.39, 0.29) is 628 Å². The van der Waals surface area contributed by atoms with Crippen LogP contribution in [0.1, 0.15) is 25.7 Å². The van der Waals surface area contributed by atoms with Crippen molar-refractivity contribution in [3.05, 3.63) is 0 Å². The third-order valence-corrected chi connectivity index (χ3v) is 0.901. The Morgan fingerprint density at radius 2 is 0.161 bits per heavy atom. The molecular weight excluding hydrogens is 1560 g/mol. The van der Waals surface area contributed by atoms with E-state index < -0.39 is 11.9 Å². The number of aliphatic carboxylic acids is 2. The third-order valence-electron chi connectivity index (χ3n) is 0.901. The topological polar surface area (TPSA) is 3550 Å². The van der Waals surface area contributed by atoms with Crippen LogP contribution in [0.5, 0.6) is 0 Å². The summed E-state index contributed by atoms with van der Waals surface area (Å²) in [5, 5.41) is 31.4. The van der Waals surface area contributed by atoms with Crippen molar-refractivity contribution in [2.75, 3.05) is 0 Å². The second kappa shape index (κ2) is 31500.